The number of aromatic nitrogens is 1. The molecule has 2 aromatic rings. The molecule has 1 aromatic heterocycles. The maximum Gasteiger partial charge on any atom is 0.256 e. The number of hydrogen-bond acceptors (Lipinski definition) is 3. The molecule has 0 saturated carbocycles. The molecule has 1 aromatic carbocycles. The summed E-state index contributed by atoms with van der Waals surface area (Å²) in [7, 11) is 0. The van der Waals surface area contributed by atoms with E-state index in [4.69, 9.17) is 5.73 Å². The number of para-hydroxylation sites is 1. The van der Waals surface area contributed by atoms with Crippen LogP contribution in [0.4, 0.5) is 5.69 Å². The van der Waals surface area contributed by atoms with Crippen molar-refractivity contribution in [3.05, 3.63) is 59.4 Å². The molecule has 20 heavy (non-hydrogen) atoms. The van der Waals surface area contributed by atoms with E-state index < -0.39 is 0 Å². The maximum atomic E-state index is 12.6. The number of nitrogens with zero attached hydrogens (tertiary/aromatic N) is 2. The highest BCUT2D eigenvalue weighted by atomic mass is 16.2. The molecule has 4 heteroatoms. The zero-order chi connectivity index (χ0) is 14.5. The first kappa shape index (κ1) is 14.1. The monoisotopic (exact) mass is 269 g/mol. The van der Waals surface area contributed by atoms with E-state index in [0.29, 0.717) is 24.3 Å². The maximum absolute atomic E-state index is 12.6. The molecular formula is C16H19N3O. The Hall–Kier alpha value is -2.36. The van der Waals surface area contributed by atoms with Crippen LogP contribution in [0.5, 0.6) is 0 Å². The molecule has 2 rings (SSSR count). The van der Waals surface area contributed by atoms with Crippen LogP contribution in [0.25, 0.3) is 0 Å². The van der Waals surface area contributed by atoms with E-state index in [1.54, 1.807) is 23.4 Å². The summed E-state index contributed by atoms with van der Waals surface area (Å²) in [6, 6.07) is 9.37. The highest BCUT2D eigenvalue weighted by Crippen LogP contribution is 2.19. The van der Waals surface area contributed by atoms with Gasteiger partial charge < -0.3 is 10.6 Å². The number of nitrogen functional groups attached to an aromatic ring is 1. The van der Waals surface area contributed by atoms with E-state index in [-0.39, 0.29) is 5.91 Å². The van der Waals surface area contributed by atoms with Gasteiger partial charge in [-0.1, -0.05) is 12.1 Å². The number of rotatable bonds is 4. The van der Waals surface area contributed by atoms with Gasteiger partial charge in [-0.25, -0.2) is 0 Å². The number of carbonyl (C=O) groups is 1. The Kier molecular flexibility index (Phi) is 4.35. The summed E-state index contributed by atoms with van der Waals surface area (Å²) < 4.78 is 0. The molecule has 1 heterocycles. The van der Waals surface area contributed by atoms with Gasteiger partial charge in [0.05, 0.1) is 5.56 Å². The normalized spacial score (nSPS) is 10.3. The summed E-state index contributed by atoms with van der Waals surface area (Å²) in [4.78, 5) is 18.3. The molecule has 0 radical (unpaired) electrons. The van der Waals surface area contributed by atoms with Crippen LogP contribution in [-0.2, 0) is 6.54 Å². The fraction of sp³-hybridized carbons (Fsp3) is 0.250. The van der Waals surface area contributed by atoms with Crippen LogP contribution in [0.15, 0.2) is 42.7 Å². The quantitative estimate of drug-likeness (QED) is 0.868. The van der Waals surface area contributed by atoms with Crippen LogP contribution in [0, 0.1) is 6.92 Å². The largest absolute Gasteiger partial charge is 0.398 e. The van der Waals surface area contributed by atoms with E-state index in [1.165, 1.54) is 0 Å². The second-order valence-corrected chi connectivity index (χ2v) is 4.71. The fourth-order valence-electron chi connectivity index (χ4n) is 2.07. The van der Waals surface area contributed by atoms with Gasteiger partial charge in [0.15, 0.2) is 0 Å². The Bertz CT molecular complexity index is 596. The van der Waals surface area contributed by atoms with Crippen LogP contribution in [0.1, 0.15) is 28.4 Å². The van der Waals surface area contributed by atoms with Crippen molar-refractivity contribution < 1.29 is 4.79 Å². The molecule has 0 saturated heterocycles. The molecule has 104 valence electrons. The lowest BCUT2D eigenvalue weighted by Gasteiger charge is -2.22. The molecule has 0 atom stereocenters. The smallest absolute Gasteiger partial charge is 0.256 e. The highest BCUT2D eigenvalue weighted by Gasteiger charge is 2.17. The molecule has 2 N–H and O–H groups in total. The number of carbonyl (C=O) groups excluding carboxylic acids is 1. The van der Waals surface area contributed by atoms with Gasteiger partial charge in [-0.15, -0.1) is 0 Å². The SMILES string of the molecule is CCN(Cc1ccncc1)C(=O)c1cccc(C)c1N. The van der Waals surface area contributed by atoms with Gasteiger partial charge >= 0.3 is 0 Å². The molecule has 0 aliphatic carbocycles. The van der Waals surface area contributed by atoms with Crippen molar-refractivity contribution >= 4 is 11.6 Å². The predicted octanol–water partition coefficient (Wildman–Crippen LogP) is 2.63. The predicted molar refractivity (Wildman–Crippen MR) is 80.2 cm³/mol. The Labute approximate surface area is 119 Å². The zero-order valence-corrected chi connectivity index (χ0v) is 11.8. The fourth-order valence-corrected chi connectivity index (χ4v) is 2.07. The van der Waals surface area contributed by atoms with Crippen molar-refractivity contribution in [3.63, 3.8) is 0 Å². The molecule has 0 unspecified atom stereocenters. The van der Waals surface area contributed by atoms with E-state index in [2.05, 4.69) is 4.98 Å². The summed E-state index contributed by atoms with van der Waals surface area (Å²) in [6.07, 6.45) is 3.46. The van der Waals surface area contributed by atoms with Crippen LogP contribution in [0.2, 0.25) is 0 Å². The third kappa shape index (κ3) is 2.96. The van der Waals surface area contributed by atoms with Gasteiger partial charge in [-0.3, -0.25) is 9.78 Å². The number of aryl methyl sites for hydroxylation is 1. The zero-order valence-electron chi connectivity index (χ0n) is 11.8. The Morgan fingerprint density at radius 1 is 1.25 bits per heavy atom. The Morgan fingerprint density at radius 2 is 1.95 bits per heavy atom. The lowest BCUT2D eigenvalue weighted by Crippen LogP contribution is -2.31. The summed E-state index contributed by atoms with van der Waals surface area (Å²) in [5.74, 6) is -0.0366. The number of anilines is 1. The molecule has 0 aliphatic rings. The molecule has 0 bridgehead atoms. The average molecular weight is 269 g/mol. The van der Waals surface area contributed by atoms with Crippen molar-refractivity contribution in [1.29, 1.82) is 0 Å². The van der Waals surface area contributed by atoms with Gasteiger partial charge in [-0.2, -0.15) is 0 Å². The minimum absolute atomic E-state index is 0.0366. The van der Waals surface area contributed by atoms with Crippen molar-refractivity contribution in [3.8, 4) is 0 Å². The molecular weight excluding hydrogens is 250 g/mol. The second kappa shape index (κ2) is 6.19. The first-order chi connectivity index (χ1) is 9.63. The number of hydrogen-bond donors (Lipinski definition) is 1. The van der Waals surface area contributed by atoms with Crippen molar-refractivity contribution in [2.45, 2.75) is 20.4 Å². The van der Waals surface area contributed by atoms with E-state index in [9.17, 15) is 4.79 Å². The van der Waals surface area contributed by atoms with Gasteiger partial charge in [0.2, 0.25) is 0 Å². The summed E-state index contributed by atoms with van der Waals surface area (Å²) in [6.45, 7) is 5.07. The molecule has 0 spiro atoms. The van der Waals surface area contributed by atoms with E-state index in [0.717, 1.165) is 11.1 Å². The van der Waals surface area contributed by atoms with Crippen LogP contribution in [-0.4, -0.2) is 22.3 Å². The van der Waals surface area contributed by atoms with Crippen molar-refractivity contribution in [2.24, 2.45) is 0 Å². The third-order valence-electron chi connectivity index (χ3n) is 3.35. The summed E-state index contributed by atoms with van der Waals surface area (Å²) in [5, 5.41) is 0. The average Bonchev–Trinajstić information content (AvgIpc) is 2.48. The highest BCUT2D eigenvalue weighted by molar-refractivity contribution is 5.99. The minimum atomic E-state index is -0.0366. The van der Waals surface area contributed by atoms with Gasteiger partial charge in [0.25, 0.3) is 5.91 Å². The molecule has 0 fully saturated rings. The van der Waals surface area contributed by atoms with E-state index >= 15 is 0 Å². The standard InChI is InChI=1S/C16H19N3O/c1-3-19(11-13-7-9-18-10-8-13)16(20)14-6-4-5-12(2)15(14)17/h4-10H,3,11,17H2,1-2H3. The van der Waals surface area contributed by atoms with Crippen LogP contribution < -0.4 is 5.73 Å². The Balaban J connectivity index is 2.23. The number of amides is 1. The number of benzene rings is 1. The number of pyridine rings is 1. The number of nitrogens with two attached hydrogens (primary N) is 1. The van der Waals surface area contributed by atoms with Crippen molar-refractivity contribution in [2.75, 3.05) is 12.3 Å². The summed E-state index contributed by atoms with van der Waals surface area (Å²) >= 11 is 0. The van der Waals surface area contributed by atoms with Gasteiger partial charge in [0.1, 0.15) is 0 Å². The van der Waals surface area contributed by atoms with Crippen molar-refractivity contribution in [1.82, 2.24) is 9.88 Å². The molecule has 0 aliphatic heterocycles. The van der Waals surface area contributed by atoms with Crippen LogP contribution >= 0.6 is 0 Å². The summed E-state index contributed by atoms with van der Waals surface area (Å²) in [5.41, 5.74) is 9.13. The first-order valence-electron chi connectivity index (χ1n) is 6.66. The third-order valence-corrected chi connectivity index (χ3v) is 3.35. The topological polar surface area (TPSA) is 59.2 Å². The van der Waals surface area contributed by atoms with E-state index in [1.807, 2.05) is 38.1 Å². The second-order valence-electron chi connectivity index (χ2n) is 4.71. The lowest BCUT2D eigenvalue weighted by molar-refractivity contribution is 0.0753. The molecule has 4 nitrogen and oxygen atoms in total. The van der Waals surface area contributed by atoms with Crippen LogP contribution in [0.3, 0.4) is 0 Å². The Morgan fingerprint density at radius 3 is 2.60 bits per heavy atom. The first-order valence-corrected chi connectivity index (χ1v) is 6.66. The minimum Gasteiger partial charge on any atom is -0.398 e. The molecule has 1 amide bonds. The lowest BCUT2D eigenvalue weighted by atomic mass is 10.1. The van der Waals surface area contributed by atoms with Gasteiger partial charge in [0, 0.05) is 31.2 Å². The van der Waals surface area contributed by atoms with Gasteiger partial charge in [-0.05, 0) is 43.2 Å².